The van der Waals surface area contributed by atoms with E-state index in [4.69, 9.17) is 0 Å². The highest BCUT2D eigenvalue weighted by Gasteiger charge is 2.31. The van der Waals surface area contributed by atoms with E-state index in [1.165, 1.54) is 90.3 Å². The highest BCUT2D eigenvalue weighted by atomic mass is 15.1. The average Bonchev–Trinajstić information content (AvgIpc) is 2.56. The SMILES string of the molecule is CN1CCC2CCCCC2C1.CN1CCCC2CCCCC21. The van der Waals surface area contributed by atoms with Crippen LogP contribution >= 0.6 is 0 Å². The van der Waals surface area contributed by atoms with Gasteiger partial charge in [0.2, 0.25) is 0 Å². The van der Waals surface area contributed by atoms with E-state index in [1.807, 2.05) is 0 Å². The van der Waals surface area contributed by atoms with Crippen LogP contribution in [0.3, 0.4) is 0 Å². The monoisotopic (exact) mass is 306 g/mol. The van der Waals surface area contributed by atoms with Gasteiger partial charge in [0, 0.05) is 12.6 Å². The molecule has 128 valence electrons. The van der Waals surface area contributed by atoms with Crippen molar-refractivity contribution < 1.29 is 0 Å². The van der Waals surface area contributed by atoms with Gasteiger partial charge in [-0.2, -0.15) is 0 Å². The van der Waals surface area contributed by atoms with Crippen LogP contribution in [0.15, 0.2) is 0 Å². The van der Waals surface area contributed by atoms with Crippen LogP contribution in [0.5, 0.6) is 0 Å². The van der Waals surface area contributed by atoms with Crippen LogP contribution < -0.4 is 0 Å². The third kappa shape index (κ3) is 4.26. The Kier molecular flexibility index (Phi) is 6.21. The number of fused-ring (bicyclic) bond motifs is 2. The first-order valence-electron chi connectivity index (χ1n) is 10.1. The molecule has 0 aromatic rings. The third-order valence-electron chi connectivity index (χ3n) is 7.02. The predicted molar refractivity (Wildman–Crippen MR) is 95.2 cm³/mol. The van der Waals surface area contributed by atoms with Crippen molar-refractivity contribution in [3.05, 3.63) is 0 Å². The lowest BCUT2D eigenvalue weighted by Gasteiger charge is -2.42. The van der Waals surface area contributed by atoms with Crippen molar-refractivity contribution in [1.29, 1.82) is 0 Å². The Hall–Kier alpha value is -0.0800. The van der Waals surface area contributed by atoms with Gasteiger partial charge in [0.05, 0.1) is 0 Å². The Morgan fingerprint density at radius 1 is 0.591 bits per heavy atom. The van der Waals surface area contributed by atoms with Gasteiger partial charge in [-0.25, -0.2) is 0 Å². The van der Waals surface area contributed by atoms with E-state index in [0.29, 0.717) is 0 Å². The summed E-state index contributed by atoms with van der Waals surface area (Å²) in [6, 6.07) is 0.956. The number of rotatable bonds is 0. The molecule has 22 heavy (non-hydrogen) atoms. The van der Waals surface area contributed by atoms with Crippen LogP contribution in [0.1, 0.15) is 70.6 Å². The zero-order valence-corrected chi connectivity index (χ0v) is 15.1. The summed E-state index contributed by atoms with van der Waals surface area (Å²) in [5, 5.41) is 0. The Balaban J connectivity index is 0.000000131. The molecule has 0 N–H and O–H groups in total. The van der Waals surface area contributed by atoms with Crippen molar-refractivity contribution in [2.45, 2.75) is 76.7 Å². The fourth-order valence-electron chi connectivity index (χ4n) is 5.66. The van der Waals surface area contributed by atoms with Crippen molar-refractivity contribution in [2.24, 2.45) is 17.8 Å². The molecule has 4 rings (SSSR count). The highest BCUT2D eigenvalue weighted by Crippen LogP contribution is 2.35. The van der Waals surface area contributed by atoms with Gasteiger partial charge in [0.15, 0.2) is 0 Å². The second-order valence-electron chi connectivity index (χ2n) is 8.59. The summed E-state index contributed by atoms with van der Waals surface area (Å²) in [5.74, 6) is 3.21. The number of piperidine rings is 2. The van der Waals surface area contributed by atoms with Gasteiger partial charge in [-0.05, 0) is 83.5 Å². The lowest BCUT2D eigenvalue weighted by Crippen LogP contribution is -2.44. The Labute approximate surface area is 138 Å². The smallest absolute Gasteiger partial charge is 0.0120 e. The van der Waals surface area contributed by atoms with Crippen molar-refractivity contribution >= 4 is 0 Å². The predicted octanol–water partition coefficient (Wildman–Crippen LogP) is 4.40. The minimum absolute atomic E-state index is 0.956. The average molecular weight is 307 g/mol. The third-order valence-corrected chi connectivity index (χ3v) is 7.02. The highest BCUT2D eigenvalue weighted by molar-refractivity contribution is 4.85. The first kappa shape index (κ1) is 16.8. The minimum atomic E-state index is 0.956. The van der Waals surface area contributed by atoms with Gasteiger partial charge in [0.25, 0.3) is 0 Å². The molecule has 2 saturated carbocycles. The van der Waals surface area contributed by atoms with E-state index in [1.54, 1.807) is 0 Å². The maximum Gasteiger partial charge on any atom is 0.0120 e. The van der Waals surface area contributed by atoms with Crippen LogP contribution in [0, 0.1) is 17.8 Å². The van der Waals surface area contributed by atoms with Gasteiger partial charge >= 0.3 is 0 Å². The molecule has 0 radical (unpaired) electrons. The molecule has 2 heterocycles. The quantitative estimate of drug-likeness (QED) is 0.654. The number of nitrogens with zero attached hydrogens (tertiary/aromatic N) is 2. The first-order chi connectivity index (χ1) is 10.7. The first-order valence-corrected chi connectivity index (χ1v) is 10.1. The minimum Gasteiger partial charge on any atom is -0.306 e. The summed E-state index contributed by atoms with van der Waals surface area (Å²) >= 11 is 0. The molecule has 2 nitrogen and oxygen atoms in total. The number of likely N-dealkylation sites (tertiary alicyclic amines) is 2. The standard InChI is InChI=1S/2C10H19N/c1-11-8-4-6-9-5-2-3-7-10(9)11;1-11-7-6-9-4-2-3-5-10(9)8-11/h2*9-10H,2-8H2,1H3. The van der Waals surface area contributed by atoms with Crippen LogP contribution in [-0.2, 0) is 0 Å². The summed E-state index contributed by atoms with van der Waals surface area (Å²) in [5.41, 5.74) is 0. The van der Waals surface area contributed by atoms with E-state index in [-0.39, 0.29) is 0 Å². The van der Waals surface area contributed by atoms with E-state index in [2.05, 4.69) is 23.9 Å². The van der Waals surface area contributed by atoms with Gasteiger partial charge in [-0.15, -0.1) is 0 Å². The van der Waals surface area contributed by atoms with Crippen LogP contribution in [0.4, 0.5) is 0 Å². The van der Waals surface area contributed by atoms with Crippen LogP contribution in [0.2, 0.25) is 0 Å². The summed E-state index contributed by atoms with van der Waals surface area (Å²) < 4.78 is 0. The molecule has 0 aromatic heterocycles. The Morgan fingerprint density at radius 2 is 1.23 bits per heavy atom. The Morgan fingerprint density at radius 3 is 2.00 bits per heavy atom. The molecular formula is C20H38N2. The zero-order chi connectivity index (χ0) is 15.4. The van der Waals surface area contributed by atoms with E-state index < -0.39 is 0 Å². The van der Waals surface area contributed by atoms with E-state index in [0.717, 1.165) is 23.8 Å². The zero-order valence-electron chi connectivity index (χ0n) is 15.1. The molecule has 4 unspecified atom stereocenters. The Bertz CT molecular complexity index is 326. The maximum atomic E-state index is 2.59. The second kappa shape index (κ2) is 8.15. The van der Waals surface area contributed by atoms with Crippen molar-refractivity contribution in [3.8, 4) is 0 Å². The molecule has 0 amide bonds. The molecule has 0 bridgehead atoms. The molecule has 4 aliphatic rings. The lowest BCUT2D eigenvalue weighted by atomic mass is 9.75. The van der Waals surface area contributed by atoms with Gasteiger partial charge in [-0.1, -0.05) is 32.1 Å². The van der Waals surface area contributed by atoms with E-state index >= 15 is 0 Å². The maximum absolute atomic E-state index is 2.59. The summed E-state index contributed by atoms with van der Waals surface area (Å²) in [6.45, 7) is 4.08. The normalized spacial score (nSPS) is 40.1. The van der Waals surface area contributed by atoms with Crippen molar-refractivity contribution in [3.63, 3.8) is 0 Å². The molecule has 2 aliphatic carbocycles. The molecule has 4 atom stereocenters. The molecule has 2 aliphatic heterocycles. The fraction of sp³-hybridized carbons (Fsp3) is 1.00. The lowest BCUT2D eigenvalue weighted by molar-refractivity contribution is 0.0841. The van der Waals surface area contributed by atoms with Gasteiger partial charge < -0.3 is 9.80 Å². The van der Waals surface area contributed by atoms with Gasteiger partial charge in [0.1, 0.15) is 0 Å². The molecule has 2 saturated heterocycles. The second-order valence-corrected chi connectivity index (χ2v) is 8.59. The molecule has 0 aromatic carbocycles. The summed E-state index contributed by atoms with van der Waals surface area (Å²) in [7, 11) is 4.58. The number of hydrogen-bond acceptors (Lipinski definition) is 2. The summed E-state index contributed by atoms with van der Waals surface area (Å²) in [4.78, 5) is 5.10. The molecule has 4 fully saturated rings. The van der Waals surface area contributed by atoms with Crippen LogP contribution in [-0.4, -0.2) is 49.6 Å². The number of hydrogen-bond donors (Lipinski definition) is 0. The van der Waals surface area contributed by atoms with Gasteiger partial charge in [-0.3, -0.25) is 0 Å². The molecular weight excluding hydrogens is 268 g/mol. The van der Waals surface area contributed by atoms with Crippen molar-refractivity contribution in [1.82, 2.24) is 9.80 Å². The largest absolute Gasteiger partial charge is 0.306 e. The molecule has 0 spiro atoms. The van der Waals surface area contributed by atoms with E-state index in [9.17, 15) is 0 Å². The summed E-state index contributed by atoms with van der Waals surface area (Å²) in [6.07, 6.45) is 16.4. The van der Waals surface area contributed by atoms with Crippen LogP contribution in [0.25, 0.3) is 0 Å². The molecule has 2 heteroatoms. The van der Waals surface area contributed by atoms with Crippen molar-refractivity contribution in [2.75, 3.05) is 33.7 Å². The fourth-order valence-corrected chi connectivity index (χ4v) is 5.66. The topological polar surface area (TPSA) is 6.48 Å².